The molecule has 0 fully saturated rings. The van der Waals surface area contributed by atoms with Gasteiger partial charge < -0.3 is 32.8 Å². The van der Waals surface area contributed by atoms with Gasteiger partial charge in [0.25, 0.3) is 0 Å². The van der Waals surface area contributed by atoms with Gasteiger partial charge in [-0.05, 0) is 87.2 Å². The minimum absolute atomic E-state index is 0.00674. The van der Waals surface area contributed by atoms with Crippen LogP contribution in [-0.4, -0.2) is 72.6 Å². The lowest BCUT2D eigenvalue weighted by Crippen LogP contribution is -2.43. The van der Waals surface area contributed by atoms with Crippen LogP contribution >= 0.6 is 0 Å². The summed E-state index contributed by atoms with van der Waals surface area (Å²) >= 11 is 0. The van der Waals surface area contributed by atoms with E-state index in [1.165, 1.54) is 11.1 Å². The maximum atomic E-state index is 7.04. The van der Waals surface area contributed by atoms with Crippen molar-refractivity contribution in [2.45, 2.75) is 141 Å². The average molecular weight is 749 g/mol. The highest BCUT2D eigenvalue weighted by Crippen LogP contribution is 2.38. The number of ether oxygens (including phenoxy) is 6. The summed E-state index contributed by atoms with van der Waals surface area (Å²) in [5.41, 5.74) is 3.56. The molecular weight excluding hydrogens is 681 g/mol. The third-order valence-corrected chi connectivity index (χ3v) is 14.9. The number of hydrogen-bond donors (Lipinski definition) is 0. The molecule has 8 heteroatoms. The third-order valence-electron chi connectivity index (χ3n) is 10.3. The molecule has 0 spiro atoms. The maximum Gasteiger partial charge on any atom is 0.192 e. The van der Waals surface area contributed by atoms with Crippen molar-refractivity contribution in [3.05, 3.63) is 90.1 Å². The van der Waals surface area contributed by atoms with E-state index >= 15 is 0 Å². The van der Waals surface area contributed by atoms with Gasteiger partial charge in [-0.3, -0.25) is 0 Å². The number of benzene rings is 1. The Hall–Kier alpha value is -2.74. The van der Waals surface area contributed by atoms with Crippen LogP contribution < -0.4 is 4.74 Å². The average Bonchev–Trinajstić information content (AvgIpc) is 3.09. The summed E-state index contributed by atoms with van der Waals surface area (Å²) in [5.74, 6) is 3.97. The Morgan fingerprint density at radius 1 is 1.11 bits per heavy atom. The van der Waals surface area contributed by atoms with Crippen LogP contribution in [0.5, 0.6) is 5.75 Å². The van der Waals surface area contributed by atoms with E-state index in [0.29, 0.717) is 32.0 Å². The largest absolute Gasteiger partial charge is 0.497 e. The van der Waals surface area contributed by atoms with Gasteiger partial charge in [0.15, 0.2) is 8.32 Å². The topological polar surface area (TPSA) is 64.6 Å². The molecule has 3 rings (SSSR count). The quantitative estimate of drug-likeness (QED) is 0.0506. The van der Waals surface area contributed by atoms with Crippen molar-refractivity contribution in [1.29, 1.82) is 0 Å². The highest BCUT2D eigenvalue weighted by Gasteiger charge is 2.39. The van der Waals surface area contributed by atoms with Crippen LogP contribution in [-0.2, 0) is 34.7 Å². The van der Waals surface area contributed by atoms with Crippen LogP contribution in [0.4, 0.5) is 0 Å². The number of terminal acetylenes is 1. The Balaban J connectivity index is 1.78. The first kappa shape index (κ1) is 44.7. The first-order valence-electron chi connectivity index (χ1n) is 19.3. The Labute approximate surface area is 323 Å². The lowest BCUT2D eigenvalue weighted by molar-refractivity contribution is -0.113. The van der Waals surface area contributed by atoms with Crippen LogP contribution in [0.15, 0.2) is 84.5 Å². The van der Waals surface area contributed by atoms with Gasteiger partial charge >= 0.3 is 0 Å². The molecule has 2 aliphatic heterocycles. The second-order valence-corrected chi connectivity index (χ2v) is 21.0. The molecule has 2 heterocycles. The van der Waals surface area contributed by atoms with Crippen LogP contribution in [0.3, 0.4) is 0 Å². The molecule has 2 unspecified atom stereocenters. The van der Waals surface area contributed by atoms with Gasteiger partial charge in [-0.25, -0.2) is 0 Å². The van der Waals surface area contributed by atoms with E-state index in [1.54, 1.807) is 14.2 Å². The fraction of sp³-hybridized carbons (Fsp3) is 0.600. The van der Waals surface area contributed by atoms with Crippen molar-refractivity contribution in [2.75, 3.05) is 27.6 Å². The lowest BCUT2D eigenvalue weighted by atomic mass is 9.91. The molecule has 0 amide bonds. The van der Waals surface area contributed by atoms with E-state index in [9.17, 15) is 0 Å². The van der Waals surface area contributed by atoms with Gasteiger partial charge in [0.2, 0.25) is 0 Å². The molecule has 0 radical (unpaired) electrons. The zero-order valence-electron chi connectivity index (χ0n) is 34.1. The number of methoxy groups -OCH3 is 2. The predicted octanol–water partition coefficient (Wildman–Crippen LogP) is 10.3. The minimum Gasteiger partial charge on any atom is -0.497 e. The van der Waals surface area contributed by atoms with Crippen LogP contribution in [0.2, 0.25) is 18.1 Å². The third kappa shape index (κ3) is 16.3. The van der Waals surface area contributed by atoms with E-state index in [0.717, 1.165) is 43.4 Å². The Bertz CT molecular complexity index is 1400. The van der Waals surface area contributed by atoms with Gasteiger partial charge in [0, 0.05) is 13.5 Å². The van der Waals surface area contributed by atoms with Crippen LogP contribution in [0, 0.1) is 18.3 Å². The first-order chi connectivity index (χ1) is 25.2. The molecule has 0 N–H and O–H groups in total. The highest BCUT2D eigenvalue weighted by molar-refractivity contribution is 6.74. The highest BCUT2D eigenvalue weighted by atomic mass is 28.4. The summed E-state index contributed by atoms with van der Waals surface area (Å²) in [6.45, 7) is 21.6. The van der Waals surface area contributed by atoms with E-state index in [2.05, 4.69) is 103 Å². The van der Waals surface area contributed by atoms with E-state index in [4.69, 9.17) is 39.3 Å². The van der Waals surface area contributed by atoms with Crippen molar-refractivity contribution >= 4 is 8.32 Å². The van der Waals surface area contributed by atoms with Crippen molar-refractivity contribution in [3.63, 3.8) is 0 Å². The molecule has 1 aromatic rings. The summed E-state index contributed by atoms with van der Waals surface area (Å²) < 4.78 is 42.9. The summed E-state index contributed by atoms with van der Waals surface area (Å²) in [5, 5.41) is 0.0666. The monoisotopic (exact) mass is 748 g/mol. The molecule has 0 saturated carbocycles. The van der Waals surface area contributed by atoms with Crippen LogP contribution in [0.1, 0.15) is 85.1 Å². The maximum absolute atomic E-state index is 7.04. The normalized spacial score (nSPS) is 22.0. The molecule has 53 heavy (non-hydrogen) atoms. The number of rotatable bonds is 22. The second-order valence-electron chi connectivity index (χ2n) is 16.2. The molecule has 7 atom stereocenters. The molecule has 0 aromatic heterocycles. The zero-order valence-corrected chi connectivity index (χ0v) is 35.1. The van der Waals surface area contributed by atoms with Gasteiger partial charge in [-0.2, -0.15) is 0 Å². The standard InChI is InChI=1S/C45H68O7Si/c1-12-15-39-16-13-17-41(51-39)30-35(3)28-36(4)31-42(52-53(10,11)45(5,6)7)18-14-19-43(49-32-37-20-22-38(47-9)23-21-37)44(50-33-46-8)25-24-40-29-34(2)26-27-48-40/h1,13-14,16,18,20-26,35,39-44H,4,15,17,19,27-33H2,2-3,5-11H3/b18-14+,25-24+/t35-,39?,40+,41?,42+,43-,44-/m0/s1. The van der Waals surface area contributed by atoms with Gasteiger partial charge in [-0.1, -0.05) is 100 Å². The Kier molecular flexibility index (Phi) is 19.0. The van der Waals surface area contributed by atoms with Crippen molar-refractivity contribution < 1.29 is 32.8 Å². The van der Waals surface area contributed by atoms with Crippen LogP contribution in [0.25, 0.3) is 0 Å². The predicted molar refractivity (Wildman–Crippen MR) is 219 cm³/mol. The summed E-state index contributed by atoms with van der Waals surface area (Å²) in [6.07, 6.45) is 25.7. The summed E-state index contributed by atoms with van der Waals surface area (Å²) in [7, 11) is 1.21. The van der Waals surface area contributed by atoms with Crippen molar-refractivity contribution in [3.8, 4) is 18.1 Å². The Morgan fingerprint density at radius 2 is 1.87 bits per heavy atom. The molecule has 294 valence electrons. The van der Waals surface area contributed by atoms with Gasteiger partial charge in [0.1, 0.15) is 18.6 Å². The SMILES string of the molecule is C#CCC1C=CCC(C[C@@H](C)CC(=C)C[C@@H](/C=C/C[C@H](OCc2ccc(OC)cc2)[C@H](/C=C/[C@@H]2CC(C)=CCO2)OCOC)O[Si](C)(C)C(C)(C)C)O1. The minimum atomic E-state index is -2.10. The van der Waals surface area contributed by atoms with Gasteiger partial charge in [-0.15, -0.1) is 12.3 Å². The molecule has 0 saturated heterocycles. The lowest BCUT2D eigenvalue weighted by Gasteiger charge is -2.39. The van der Waals surface area contributed by atoms with Gasteiger partial charge in [0.05, 0.1) is 50.8 Å². The number of hydrogen-bond acceptors (Lipinski definition) is 7. The Morgan fingerprint density at radius 3 is 2.53 bits per heavy atom. The molecule has 1 aromatic carbocycles. The second kappa shape index (κ2) is 22.6. The molecular formula is C45H68O7Si. The first-order valence-corrected chi connectivity index (χ1v) is 22.2. The van der Waals surface area contributed by atoms with Crippen molar-refractivity contribution in [2.24, 2.45) is 5.92 Å². The zero-order chi connectivity index (χ0) is 38.9. The fourth-order valence-electron chi connectivity index (χ4n) is 6.36. The molecule has 0 bridgehead atoms. The van der Waals surface area contributed by atoms with Crippen molar-refractivity contribution in [1.82, 2.24) is 0 Å². The fourth-order valence-corrected chi connectivity index (χ4v) is 7.63. The molecule has 0 aliphatic carbocycles. The van der Waals surface area contributed by atoms with E-state index < -0.39 is 8.32 Å². The van der Waals surface area contributed by atoms with E-state index in [-0.39, 0.29) is 48.5 Å². The molecule has 2 aliphatic rings. The smallest absolute Gasteiger partial charge is 0.192 e. The molecule has 7 nitrogen and oxygen atoms in total. The van der Waals surface area contributed by atoms with E-state index in [1.807, 2.05) is 24.3 Å². The summed E-state index contributed by atoms with van der Waals surface area (Å²) in [4.78, 5) is 0. The summed E-state index contributed by atoms with van der Waals surface area (Å²) in [6, 6.07) is 7.96.